The summed E-state index contributed by atoms with van der Waals surface area (Å²) < 4.78 is 0.700. The normalized spacial score (nSPS) is 12.7. The maximum atomic E-state index is 9.97. The fourth-order valence-corrected chi connectivity index (χ4v) is 2.47. The van der Waals surface area contributed by atoms with Crippen LogP contribution < -0.4 is 0 Å². The number of thiophene rings is 1. The lowest BCUT2D eigenvalue weighted by Crippen LogP contribution is -2.01. The van der Waals surface area contributed by atoms with Gasteiger partial charge in [-0.1, -0.05) is 17.7 Å². The van der Waals surface area contributed by atoms with Crippen molar-refractivity contribution >= 4 is 22.9 Å². The van der Waals surface area contributed by atoms with Crippen LogP contribution in [0.15, 0.2) is 30.5 Å². The predicted octanol–water partition coefficient (Wildman–Crippen LogP) is 3.38. The summed E-state index contributed by atoms with van der Waals surface area (Å²) in [4.78, 5) is 5.14. The molecule has 1 unspecified atom stereocenters. The number of hydrogen-bond acceptors (Lipinski definition) is 3. The number of aliphatic hydroxyl groups excluding tert-OH is 1. The molecule has 16 heavy (non-hydrogen) atoms. The molecule has 1 atom stereocenters. The molecule has 0 saturated carbocycles. The molecule has 0 aliphatic carbocycles. The van der Waals surface area contributed by atoms with Crippen LogP contribution in [0.2, 0.25) is 4.34 Å². The number of aromatic nitrogens is 1. The quantitative estimate of drug-likeness (QED) is 0.910. The fourth-order valence-electron chi connectivity index (χ4n) is 1.43. The van der Waals surface area contributed by atoms with Gasteiger partial charge in [0.15, 0.2) is 0 Å². The smallest absolute Gasteiger partial charge is 0.0937 e. The summed E-state index contributed by atoms with van der Waals surface area (Å²) >= 11 is 7.23. The van der Waals surface area contributed by atoms with Crippen molar-refractivity contribution in [3.05, 3.63) is 50.9 Å². The Kier molecular flexibility index (Phi) is 3.59. The van der Waals surface area contributed by atoms with E-state index in [9.17, 15) is 5.11 Å². The van der Waals surface area contributed by atoms with Crippen molar-refractivity contribution < 1.29 is 5.11 Å². The van der Waals surface area contributed by atoms with Crippen LogP contribution in [0.1, 0.15) is 22.2 Å². The van der Waals surface area contributed by atoms with Gasteiger partial charge in [-0.2, -0.15) is 0 Å². The Morgan fingerprint density at radius 3 is 2.75 bits per heavy atom. The molecule has 2 aromatic rings. The van der Waals surface area contributed by atoms with Gasteiger partial charge in [0.1, 0.15) is 0 Å². The van der Waals surface area contributed by atoms with Crippen molar-refractivity contribution in [3.63, 3.8) is 0 Å². The van der Waals surface area contributed by atoms with Gasteiger partial charge in [0.2, 0.25) is 0 Å². The number of aryl methyl sites for hydroxylation is 1. The Bertz CT molecular complexity index is 466. The van der Waals surface area contributed by atoms with Crippen molar-refractivity contribution in [2.24, 2.45) is 0 Å². The van der Waals surface area contributed by atoms with Crippen molar-refractivity contribution in [1.29, 1.82) is 0 Å². The highest BCUT2D eigenvalue weighted by Gasteiger charge is 2.11. The lowest BCUT2D eigenvalue weighted by Gasteiger charge is -2.07. The summed E-state index contributed by atoms with van der Waals surface area (Å²) in [6.07, 6.45) is 1.81. The Balaban J connectivity index is 2.07. The van der Waals surface area contributed by atoms with Gasteiger partial charge in [0.25, 0.3) is 0 Å². The SMILES string of the molecule is Cc1ccc(CC(O)c2ccc(Cl)s2)nc1. The van der Waals surface area contributed by atoms with Crippen LogP contribution in [-0.4, -0.2) is 10.1 Å². The van der Waals surface area contributed by atoms with Crippen LogP contribution in [0, 0.1) is 6.92 Å². The largest absolute Gasteiger partial charge is 0.387 e. The van der Waals surface area contributed by atoms with Gasteiger partial charge in [0, 0.05) is 23.2 Å². The van der Waals surface area contributed by atoms with Crippen LogP contribution in [0.3, 0.4) is 0 Å². The van der Waals surface area contributed by atoms with Gasteiger partial charge in [-0.05, 0) is 30.7 Å². The topological polar surface area (TPSA) is 33.1 Å². The Labute approximate surface area is 104 Å². The molecule has 0 bridgehead atoms. The van der Waals surface area contributed by atoms with Crippen molar-refractivity contribution in [2.45, 2.75) is 19.4 Å². The third kappa shape index (κ3) is 2.82. The number of rotatable bonds is 3. The van der Waals surface area contributed by atoms with E-state index in [1.807, 2.05) is 31.3 Å². The highest BCUT2D eigenvalue weighted by atomic mass is 35.5. The first-order chi connectivity index (χ1) is 7.65. The molecule has 0 aromatic carbocycles. The Morgan fingerprint density at radius 1 is 1.38 bits per heavy atom. The highest BCUT2D eigenvalue weighted by molar-refractivity contribution is 7.16. The summed E-state index contributed by atoms with van der Waals surface area (Å²) in [5.41, 5.74) is 2.01. The molecule has 1 N–H and O–H groups in total. The number of pyridine rings is 1. The minimum absolute atomic E-state index is 0.521. The van der Waals surface area contributed by atoms with Crippen LogP contribution in [-0.2, 0) is 6.42 Å². The Hall–Kier alpha value is -0.900. The zero-order chi connectivity index (χ0) is 11.5. The van der Waals surface area contributed by atoms with Crippen molar-refractivity contribution in [2.75, 3.05) is 0 Å². The second-order valence-corrected chi connectivity index (χ2v) is 5.44. The summed E-state index contributed by atoms with van der Waals surface area (Å²) in [5, 5.41) is 9.97. The summed E-state index contributed by atoms with van der Waals surface area (Å²) in [7, 11) is 0. The number of halogens is 1. The molecule has 84 valence electrons. The van der Waals surface area contributed by atoms with Crippen LogP contribution in [0.5, 0.6) is 0 Å². The standard InChI is InChI=1S/C12H12ClNOS/c1-8-2-3-9(14-7-8)6-10(15)11-4-5-12(13)16-11/h2-5,7,10,15H,6H2,1H3. The lowest BCUT2D eigenvalue weighted by atomic mass is 10.1. The van der Waals surface area contributed by atoms with E-state index in [0.29, 0.717) is 10.8 Å². The molecule has 0 aliphatic heterocycles. The molecule has 0 spiro atoms. The summed E-state index contributed by atoms with van der Waals surface area (Å²) in [5.74, 6) is 0. The molecule has 0 saturated heterocycles. The second kappa shape index (κ2) is 4.95. The molecule has 0 aliphatic rings. The van der Waals surface area contributed by atoms with E-state index in [4.69, 9.17) is 11.6 Å². The van der Waals surface area contributed by atoms with E-state index in [-0.39, 0.29) is 0 Å². The highest BCUT2D eigenvalue weighted by Crippen LogP contribution is 2.28. The van der Waals surface area contributed by atoms with Crippen molar-refractivity contribution in [1.82, 2.24) is 4.98 Å². The van der Waals surface area contributed by atoms with E-state index in [1.165, 1.54) is 11.3 Å². The minimum atomic E-state index is -0.521. The maximum Gasteiger partial charge on any atom is 0.0937 e. The molecule has 2 aromatic heterocycles. The fraction of sp³-hybridized carbons (Fsp3) is 0.250. The summed E-state index contributed by atoms with van der Waals surface area (Å²) in [6.45, 7) is 1.99. The molecule has 2 rings (SSSR count). The number of nitrogens with zero attached hydrogens (tertiary/aromatic N) is 1. The first-order valence-electron chi connectivity index (χ1n) is 5.00. The monoisotopic (exact) mass is 253 g/mol. The number of hydrogen-bond donors (Lipinski definition) is 1. The molecule has 0 radical (unpaired) electrons. The van der Waals surface area contributed by atoms with Gasteiger partial charge in [-0.25, -0.2) is 0 Å². The molecule has 4 heteroatoms. The molecule has 0 fully saturated rings. The number of aliphatic hydroxyl groups is 1. The van der Waals surface area contributed by atoms with Gasteiger partial charge in [0.05, 0.1) is 10.4 Å². The molecular formula is C12H12ClNOS. The van der Waals surface area contributed by atoms with E-state index < -0.39 is 6.10 Å². The van der Waals surface area contributed by atoms with E-state index in [0.717, 1.165) is 16.1 Å². The van der Waals surface area contributed by atoms with Gasteiger partial charge in [-0.3, -0.25) is 4.98 Å². The maximum absolute atomic E-state index is 9.97. The first-order valence-corrected chi connectivity index (χ1v) is 6.19. The summed E-state index contributed by atoms with van der Waals surface area (Å²) in [6, 6.07) is 7.59. The van der Waals surface area contributed by atoms with Crippen molar-refractivity contribution in [3.8, 4) is 0 Å². The molecule has 2 heterocycles. The third-order valence-corrected chi connectivity index (χ3v) is 3.63. The van der Waals surface area contributed by atoms with Crippen LogP contribution >= 0.6 is 22.9 Å². The predicted molar refractivity (Wildman–Crippen MR) is 67.0 cm³/mol. The van der Waals surface area contributed by atoms with Crippen LogP contribution in [0.25, 0.3) is 0 Å². The van der Waals surface area contributed by atoms with Gasteiger partial charge < -0.3 is 5.11 Å². The molecular weight excluding hydrogens is 242 g/mol. The average molecular weight is 254 g/mol. The van der Waals surface area contributed by atoms with E-state index in [1.54, 1.807) is 6.07 Å². The minimum Gasteiger partial charge on any atom is -0.387 e. The second-order valence-electron chi connectivity index (χ2n) is 3.69. The first kappa shape index (κ1) is 11.6. The Morgan fingerprint density at radius 2 is 2.19 bits per heavy atom. The van der Waals surface area contributed by atoms with E-state index >= 15 is 0 Å². The van der Waals surface area contributed by atoms with E-state index in [2.05, 4.69) is 4.98 Å². The van der Waals surface area contributed by atoms with Gasteiger partial charge in [-0.15, -0.1) is 11.3 Å². The van der Waals surface area contributed by atoms with Gasteiger partial charge >= 0.3 is 0 Å². The molecule has 2 nitrogen and oxygen atoms in total. The average Bonchev–Trinajstić information content (AvgIpc) is 2.68. The van der Waals surface area contributed by atoms with Crippen LogP contribution in [0.4, 0.5) is 0 Å². The lowest BCUT2D eigenvalue weighted by molar-refractivity contribution is 0.181. The zero-order valence-corrected chi connectivity index (χ0v) is 10.4. The third-order valence-electron chi connectivity index (χ3n) is 2.30. The zero-order valence-electron chi connectivity index (χ0n) is 8.85. The molecule has 0 amide bonds.